The molecule has 0 saturated carbocycles. The molecule has 2 aromatic heterocycles. The second kappa shape index (κ2) is 33.0. The number of nitrogens with zero attached hydrogens (tertiary/aromatic N) is 2. The Morgan fingerprint density at radius 3 is 1.92 bits per heavy atom. The molecular weight excluding hydrogens is 1330 g/mol. The van der Waals surface area contributed by atoms with Crippen molar-refractivity contribution in [2.45, 2.75) is 178 Å². The zero-order chi connectivity index (χ0) is 73.9. The molecule has 0 spiro atoms. The topological polar surface area (TPSA) is 379 Å². The minimum absolute atomic E-state index is 0.0339. The number of hydrogen-bond acceptors (Lipinski definition) is 14. The number of nitrogens with one attached hydrogen (secondary N) is 11. The number of fused-ring (bicyclic) bond motifs is 30. The molecule has 0 aliphatic carbocycles. The third kappa shape index (κ3) is 19.2. The van der Waals surface area contributed by atoms with Gasteiger partial charge < -0.3 is 82.8 Å². The molecule has 546 valence electrons. The third-order valence-corrected chi connectivity index (χ3v) is 18.5. The number of H-pyrrole nitrogens is 2. The quantitative estimate of drug-likeness (QED) is 0.0829. The van der Waals surface area contributed by atoms with Crippen molar-refractivity contribution in [1.82, 2.24) is 67.6 Å². The predicted octanol–water partition coefficient (Wildman–Crippen LogP) is 2.26. The van der Waals surface area contributed by atoms with Crippen LogP contribution in [0.1, 0.15) is 102 Å². The zero-order valence-electron chi connectivity index (χ0n) is 58.1. The highest BCUT2D eigenvalue weighted by molar-refractivity contribution is 6.01. The van der Waals surface area contributed by atoms with Gasteiger partial charge in [0.05, 0.1) is 31.9 Å². The standard InChI is InChI=1S/C72H89F3N14O13/c1-38-63(93)83-56(28-44-34-78-52-20-16-46(73)30-50(44)52)65(95)84-58(29-45-35-79-53-21-17-47(74)31-51(45)53)68(98)88-37-48(75)32-59(88)66(96)87-61(39(2)102-71(4,5)6)67(97)85-57(27-42-14-18-49(101-8)19-15-42)69(99)89-25-9-23-72(89,7)70(100)86-55(62(76)92)26-41-10-12-43(13-11-41)33-77-24-22-54(82-40(3)90)64(94)80-36-60(91)81-38/h10-21,30-31,34-35,38-39,48,54-59,61,77-79H,9,22-29,32-33,36-37H2,1-8H3,(H2,76,92)(H,80,94)(H,81,91)(H,82,90)(H,83,93)(H,84,95)(H,85,97)(H,86,100)(H,87,96)/t38-,39-,48+,54+,55+,56+,57+,58+,59+,61+,72+/m1/s1. The molecule has 11 amide bonds. The zero-order valence-corrected chi connectivity index (χ0v) is 58.1. The smallest absolute Gasteiger partial charge is 0.246 e. The molecule has 102 heavy (non-hydrogen) atoms. The van der Waals surface area contributed by atoms with Crippen molar-refractivity contribution in [3.05, 3.63) is 137 Å². The lowest BCUT2D eigenvalue weighted by molar-refractivity contribution is -0.148. The van der Waals surface area contributed by atoms with Gasteiger partial charge in [0.2, 0.25) is 65.0 Å². The maximum Gasteiger partial charge on any atom is 0.246 e. The SMILES string of the molecule is COc1ccc(C[C@@H]2NC(=O)[C@H]([C@@H](C)OC(C)(C)C)NC(=O)[C@@H]3C[C@H](F)CN3C(=O)[C@H](Cc3c[nH]c4ccc(F)cc34)NC(=O)[C@H](Cc3c[nH]c4ccc(F)cc34)NC(=O)[C@@H](C)NC(=O)CNC(=O)[C@@H](NC(C)=O)CCNCc3ccc(cc3)C[C@@H](C(N)=O)NC(=O)[C@]3(C)CCCN3C2=O)cc1. The van der Waals surface area contributed by atoms with E-state index in [0.29, 0.717) is 45.3 Å². The number of halogens is 3. The van der Waals surface area contributed by atoms with Crippen molar-refractivity contribution in [2.24, 2.45) is 5.73 Å². The lowest BCUT2D eigenvalue weighted by Crippen LogP contribution is -2.64. The van der Waals surface area contributed by atoms with Crippen molar-refractivity contribution >= 4 is 86.8 Å². The van der Waals surface area contributed by atoms with Gasteiger partial charge in [-0.25, -0.2) is 13.2 Å². The highest BCUT2D eigenvalue weighted by Gasteiger charge is 2.50. The summed E-state index contributed by atoms with van der Waals surface area (Å²) < 4.78 is 58.0. The number of rotatable bonds is 11. The number of methoxy groups -OCH3 is 1. The lowest BCUT2D eigenvalue weighted by atomic mass is 9.94. The van der Waals surface area contributed by atoms with Crippen LogP contribution in [0.4, 0.5) is 13.2 Å². The Morgan fingerprint density at radius 1 is 0.716 bits per heavy atom. The fourth-order valence-electron chi connectivity index (χ4n) is 13.2. The molecule has 2 bridgehead atoms. The number of carbonyl (C=O) groups excluding carboxylic acids is 11. The Morgan fingerprint density at radius 2 is 1.31 bits per heavy atom. The number of ether oxygens (including phenoxy) is 2. The summed E-state index contributed by atoms with van der Waals surface area (Å²) in [5.41, 5.74) is 6.74. The first-order chi connectivity index (χ1) is 48.4. The average molecular weight is 1420 g/mol. The summed E-state index contributed by atoms with van der Waals surface area (Å²) in [4.78, 5) is 166. The molecule has 27 nitrogen and oxygen atoms in total. The Bertz CT molecular complexity index is 4110. The molecule has 13 N–H and O–H groups in total. The van der Waals surface area contributed by atoms with E-state index in [1.165, 1.54) is 88.5 Å². The first-order valence-corrected chi connectivity index (χ1v) is 33.9. The minimum Gasteiger partial charge on any atom is -0.497 e. The van der Waals surface area contributed by atoms with Gasteiger partial charge in [-0.3, -0.25) is 52.7 Å². The summed E-state index contributed by atoms with van der Waals surface area (Å²) in [5, 5.41) is 25.0. The largest absolute Gasteiger partial charge is 0.497 e. The normalized spacial score (nSPS) is 25.0. The predicted molar refractivity (Wildman–Crippen MR) is 369 cm³/mol. The van der Waals surface area contributed by atoms with E-state index in [1.807, 2.05) is 0 Å². The molecule has 4 aromatic carbocycles. The van der Waals surface area contributed by atoms with E-state index in [9.17, 15) is 33.2 Å². The summed E-state index contributed by atoms with van der Waals surface area (Å²) in [7, 11) is 1.47. The van der Waals surface area contributed by atoms with Gasteiger partial charge in [-0.1, -0.05) is 36.4 Å². The minimum atomic E-state index is -1.87. The van der Waals surface area contributed by atoms with Gasteiger partial charge in [0.1, 0.15) is 77.4 Å². The maximum atomic E-state index is 16.3. The van der Waals surface area contributed by atoms with Crippen LogP contribution in [0.3, 0.4) is 0 Å². The summed E-state index contributed by atoms with van der Waals surface area (Å²) >= 11 is 0. The first kappa shape index (κ1) is 75.8. The van der Waals surface area contributed by atoms with Crippen LogP contribution < -0.4 is 58.3 Å². The van der Waals surface area contributed by atoms with Gasteiger partial charge in [-0.15, -0.1) is 0 Å². The van der Waals surface area contributed by atoms with E-state index < -0.39 is 174 Å². The summed E-state index contributed by atoms with van der Waals surface area (Å²) in [6.07, 6.45) is -1.27. The molecule has 0 radical (unpaired) electrons. The van der Waals surface area contributed by atoms with Crippen LogP contribution in [0.15, 0.2) is 97.3 Å². The van der Waals surface area contributed by atoms with Gasteiger partial charge >= 0.3 is 0 Å². The summed E-state index contributed by atoms with van der Waals surface area (Å²) in [6, 6.07) is 9.33. The fourth-order valence-corrected chi connectivity index (χ4v) is 13.2. The number of nitrogens with two attached hydrogens (primary N) is 1. The van der Waals surface area contributed by atoms with Crippen molar-refractivity contribution in [3.8, 4) is 5.75 Å². The van der Waals surface area contributed by atoms with Crippen molar-refractivity contribution in [1.29, 1.82) is 0 Å². The number of amides is 11. The molecular formula is C72H89F3N14O13. The Hall–Kier alpha value is -10.4. The molecule has 6 heterocycles. The van der Waals surface area contributed by atoms with Gasteiger partial charge in [-0.2, -0.15) is 0 Å². The van der Waals surface area contributed by atoms with Crippen LogP contribution >= 0.6 is 0 Å². The van der Waals surface area contributed by atoms with Crippen LogP contribution in [-0.2, 0) is 89.7 Å². The first-order valence-electron chi connectivity index (χ1n) is 33.9. The van der Waals surface area contributed by atoms with Crippen molar-refractivity contribution in [2.75, 3.05) is 33.3 Å². The Labute approximate surface area is 587 Å². The van der Waals surface area contributed by atoms with Gasteiger partial charge in [0, 0.05) is 86.3 Å². The Kier molecular flexibility index (Phi) is 24.5. The number of carbonyl (C=O) groups is 11. The third-order valence-electron chi connectivity index (χ3n) is 18.5. The molecule has 30 heteroatoms. The van der Waals surface area contributed by atoms with E-state index in [0.717, 1.165) is 10.5 Å². The molecule has 6 aromatic rings. The molecule has 0 unspecified atom stereocenters. The second-order valence-electron chi connectivity index (χ2n) is 27.5. The van der Waals surface area contributed by atoms with Gasteiger partial charge in [0.25, 0.3) is 0 Å². The molecule has 10 rings (SSSR count). The molecule has 2 saturated heterocycles. The fraction of sp³-hybridized carbons (Fsp3) is 0.458. The maximum absolute atomic E-state index is 16.3. The van der Waals surface area contributed by atoms with E-state index in [2.05, 4.69) is 57.8 Å². The van der Waals surface area contributed by atoms with Crippen LogP contribution in [0.25, 0.3) is 21.8 Å². The van der Waals surface area contributed by atoms with Crippen LogP contribution in [-0.4, -0.2) is 190 Å². The van der Waals surface area contributed by atoms with Gasteiger partial charge in [-0.05, 0) is 144 Å². The highest BCUT2D eigenvalue weighted by atomic mass is 19.1. The van der Waals surface area contributed by atoms with Crippen LogP contribution in [0.5, 0.6) is 5.75 Å². The van der Waals surface area contributed by atoms with E-state index in [4.69, 9.17) is 15.2 Å². The average Bonchev–Trinajstić information content (AvgIpc) is 1.60. The van der Waals surface area contributed by atoms with E-state index in [-0.39, 0.29) is 62.7 Å². The lowest BCUT2D eigenvalue weighted by Gasteiger charge is -2.38. The van der Waals surface area contributed by atoms with E-state index >= 15 is 32.8 Å². The molecule has 2 fully saturated rings. The number of aromatic nitrogens is 2. The number of hydrogen-bond donors (Lipinski definition) is 12. The number of alkyl halides is 1. The summed E-state index contributed by atoms with van der Waals surface area (Å²) in [6.45, 7) is 9.74. The number of primary amides is 1. The van der Waals surface area contributed by atoms with Crippen molar-refractivity contribution < 1.29 is 75.4 Å². The number of benzene rings is 4. The Balaban J connectivity index is 1.08. The molecule has 11 atom stereocenters. The van der Waals surface area contributed by atoms with Crippen LogP contribution in [0, 0.1) is 11.6 Å². The monoisotopic (exact) mass is 1410 g/mol. The second-order valence-corrected chi connectivity index (χ2v) is 27.5. The molecule has 4 aliphatic rings. The summed E-state index contributed by atoms with van der Waals surface area (Å²) in [5.74, 6) is -10.2. The number of aromatic amines is 2. The van der Waals surface area contributed by atoms with Crippen molar-refractivity contribution in [3.63, 3.8) is 0 Å². The van der Waals surface area contributed by atoms with Crippen LogP contribution in [0.2, 0.25) is 0 Å². The highest BCUT2D eigenvalue weighted by Crippen LogP contribution is 2.32. The van der Waals surface area contributed by atoms with E-state index in [1.54, 1.807) is 69.3 Å². The molecule has 4 aliphatic heterocycles. The van der Waals surface area contributed by atoms with Gasteiger partial charge in [0.15, 0.2) is 0 Å².